The van der Waals surface area contributed by atoms with Gasteiger partial charge in [-0.05, 0) is 55.0 Å². The topological polar surface area (TPSA) is 89.9 Å². The first kappa shape index (κ1) is 24.8. The van der Waals surface area contributed by atoms with Crippen LogP contribution in [0.4, 0.5) is 14.9 Å². The van der Waals surface area contributed by atoms with Gasteiger partial charge in [-0.3, -0.25) is 14.9 Å². The highest BCUT2D eigenvalue weighted by Crippen LogP contribution is 2.28. The van der Waals surface area contributed by atoms with Crippen LogP contribution in [-0.4, -0.2) is 36.1 Å². The Morgan fingerprint density at radius 2 is 1.63 bits per heavy atom. The van der Waals surface area contributed by atoms with Crippen LogP contribution in [0, 0.1) is 5.82 Å². The maximum absolute atomic E-state index is 13.4. The summed E-state index contributed by atoms with van der Waals surface area (Å²) < 4.78 is 26.6. The van der Waals surface area contributed by atoms with Gasteiger partial charge in [0.25, 0.3) is 11.8 Å². The molecule has 2 heterocycles. The third kappa shape index (κ3) is 4.86. The van der Waals surface area contributed by atoms with Gasteiger partial charge in [-0.15, -0.1) is 0 Å². The first-order chi connectivity index (χ1) is 18.5. The van der Waals surface area contributed by atoms with Crippen molar-refractivity contribution in [2.24, 2.45) is 0 Å². The number of aromatic nitrogens is 1. The largest absolute Gasteiger partial charge is 0.493 e. The quantitative estimate of drug-likeness (QED) is 0.205. The predicted molar refractivity (Wildman–Crippen MR) is 140 cm³/mol. The lowest BCUT2D eigenvalue weighted by Crippen LogP contribution is -2.54. The fourth-order valence-electron chi connectivity index (χ4n) is 4.37. The average molecular weight is 514 g/mol. The molecule has 0 spiro atoms. The highest BCUT2D eigenvalue weighted by atomic mass is 19.1. The summed E-state index contributed by atoms with van der Waals surface area (Å²) in [6.07, 6.45) is 4.03. The summed E-state index contributed by atoms with van der Waals surface area (Å²) in [7, 11) is 1.59. The molecule has 5 rings (SSSR count). The maximum Gasteiger partial charge on any atom is 0.335 e. The molecule has 1 aliphatic heterocycles. The van der Waals surface area contributed by atoms with E-state index in [1.807, 2.05) is 59.3 Å². The first-order valence-corrected chi connectivity index (χ1v) is 12.0. The van der Waals surface area contributed by atoms with Crippen LogP contribution in [0.2, 0.25) is 0 Å². The number of imide groups is 2. The number of rotatable bonds is 8. The third-order valence-electron chi connectivity index (χ3n) is 6.18. The number of hydrogen-bond donors (Lipinski definition) is 1. The second-order valence-electron chi connectivity index (χ2n) is 8.58. The molecule has 0 bridgehead atoms. The molecule has 8 nitrogen and oxygen atoms in total. The number of barbiturate groups is 1. The van der Waals surface area contributed by atoms with Crippen LogP contribution in [0.25, 0.3) is 17.0 Å². The van der Waals surface area contributed by atoms with Gasteiger partial charge in [0.2, 0.25) is 0 Å². The van der Waals surface area contributed by atoms with Gasteiger partial charge in [0.1, 0.15) is 11.4 Å². The number of aryl methyl sites for hydroxylation is 1. The zero-order valence-corrected chi connectivity index (χ0v) is 20.5. The number of para-hydroxylation sites is 3. The Hall–Kier alpha value is -4.92. The van der Waals surface area contributed by atoms with Gasteiger partial charge in [-0.2, -0.15) is 0 Å². The van der Waals surface area contributed by atoms with Crippen LogP contribution in [0.3, 0.4) is 0 Å². The lowest BCUT2D eigenvalue weighted by atomic mass is 10.1. The molecule has 0 unspecified atom stereocenters. The van der Waals surface area contributed by atoms with Crippen molar-refractivity contribution in [3.8, 4) is 11.5 Å². The molecule has 4 amide bonds. The first-order valence-electron chi connectivity index (χ1n) is 12.0. The molecule has 9 heteroatoms. The number of ether oxygens (including phenoxy) is 2. The van der Waals surface area contributed by atoms with Gasteiger partial charge in [-0.25, -0.2) is 14.1 Å². The molecule has 3 aromatic carbocycles. The van der Waals surface area contributed by atoms with Gasteiger partial charge < -0.3 is 14.0 Å². The number of nitrogens with one attached hydrogen (secondary N) is 1. The van der Waals surface area contributed by atoms with Gasteiger partial charge in [-0.1, -0.05) is 30.3 Å². The van der Waals surface area contributed by atoms with Gasteiger partial charge >= 0.3 is 6.03 Å². The summed E-state index contributed by atoms with van der Waals surface area (Å²) in [5, 5.41) is 3.04. The van der Waals surface area contributed by atoms with Crippen molar-refractivity contribution in [3.63, 3.8) is 0 Å². The molecule has 1 aliphatic rings. The van der Waals surface area contributed by atoms with Crippen LogP contribution in [0.15, 0.2) is 84.6 Å². The standard InChI is InChI=1S/C29H24FN3O5/c1-37-25-9-4-5-10-26(25)38-16-6-15-32-18-19(22-7-2-3-8-24(22)32)17-23-27(34)31-29(36)33(28(23)35)21-13-11-20(30)12-14-21/h2-5,7-14,17-18H,6,15-16H2,1H3,(H,31,34,36)/b23-17-. The van der Waals surface area contributed by atoms with Crippen molar-refractivity contribution in [2.75, 3.05) is 18.6 Å². The van der Waals surface area contributed by atoms with E-state index >= 15 is 0 Å². The number of carbonyl (C=O) groups is 3. The molecule has 0 saturated carbocycles. The number of fused-ring (bicyclic) bond motifs is 1. The molecule has 0 aliphatic carbocycles. The summed E-state index contributed by atoms with van der Waals surface area (Å²) >= 11 is 0. The predicted octanol–water partition coefficient (Wildman–Crippen LogP) is 4.92. The van der Waals surface area contributed by atoms with Gasteiger partial charge in [0.05, 0.1) is 19.4 Å². The van der Waals surface area contributed by atoms with E-state index in [1.54, 1.807) is 7.11 Å². The fourth-order valence-corrected chi connectivity index (χ4v) is 4.37. The lowest BCUT2D eigenvalue weighted by molar-refractivity contribution is -0.122. The number of hydrogen-bond acceptors (Lipinski definition) is 5. The molecule has 38 heavy (non-hydrogen) atoms. The van der Waals surface area contributed by atoms with Crippen LogP contribution in [-0.2, 0) is 16.1 Å². The molecular formula is C29H24FN3O5. The van der Waals surface area contributed by atoms with Crippen molar-refractivity contribution in [1.29, 1.82) is 0 Å². The normalized spacial score (nSPS) is 14.7. The SMILES string of the molecule is COc1ccccc1OCCCn1cc(/C=C2/C(=O)NC(=O)N(c3ccc(F)cc3)C2=O)c2ccccc21. The van der Waals surface area contributed by atoms with Crippen LogP contribution < -0.4 is 19.7 Å². The summed E-state index contributed by atoms with van der Waals surface area (Å²) in [4.78, 5) is 39.1. The van der Waals surface area contributed by atoms with Crippen molar-refractivity contribution >= 4 is 40.5 Å². The van der Waals surface area contributed by atoms with Crippen molar-refractivity contribution in [3.05, 3.63) is 95.9 Å². The average Bonchev–Trinajstić information content (AvgIpc) is 3.27. The molecule has 4 aromatic rings. The van der Waals surface area contributed by atoms with Gasteiger partial charge in [0.15, 0.2) is 11.5 Å². The Morgan fingerprint density at radius 1 is 0.921 bits per heavy atom. The highest BCUT2D eigenvalue weighted by Gasteiger charge is 2.37. The second-order valence-corrected chi connectivity index (χ2v) is 8.58. The van der Waals surface area contributed by atoms with Crippen molar-refractivity contribution in [2.45, 2.75) is 13.0 Å². The number of amides is 4. The Labute approximate surface area is 217 Å². The third-order valence-corrected chi connectivity index (χ3v) is 6.18. The molecule has 0 atom stereocenters. The van der Waals surface area contributed by atoms with E-state index in [0.29, 0.717) is 36.6 Å². The molecule has 0 radical (unpaired) electrons. The maximum atomic E-state index is 13.4. The number of benzene rings is 3. The Balaban J connectivity index is 1.39. The smallest absolute Gasteiger partial charge is 0.335 e. The minimum atomic E-state index is -0.888. The van der Waals surface area contributed by atoms with Gasteiger partial charge in [0, 0.05) is 29.2 Å². The van der Waals surface area contributed by atoms with Crippen molar-refractivity contribution in [1.82, 2.24) is 9.88 Å². The summed E-state index contributed by atoms with van der Waals surface area (Å²) in [6.45, 7) is 1.08. The van der Waals surface area contributed by atoms with E-state index in [1.165, 1.54) is 18.2 Å². The molecule has 192 valence electrons. The monoisotopic (exact) mass is 513 g/mol. The number of nitrogens with zero attached hydrogens (tertiary/aromatic N) is 2. The molecule has 1 N–H and O–H groups in total. The Kier molecular flexibility index (Phi) is 6.90. The molecule has 1 saturated heterocycles. The van der Waals surface area contributed by atoms with E-state index in [-0.39, 0.29) is 11.3 Å². The van der Waals surface area contributed by atoms with E-state index in [9.17, 15) is 18.8 Å². The van der Waals surface area contributed by atoms with E-state index < -0.39 is 23.7 Å². The number of methoxy groups -OCH3 is 1. The van der Waals surface area contributed by atoms with Crippen molar-refractivity contribution < 1.29 is 28.2 Å². The lowest BCUT2D eigenvalue weighted by Gasteiger charge is -2.26. The minimum Gasteiger partial charge on any atom is -0.493 e. The van der Waals surface area contributed by atoms with E-state index in [4.69, 9.17) is 9.47 Å². The number of anilines is 1. The molecule has 1 fully saturated rings. The molecular weight excluding hydrogens is 489 g/mol. The Bertz CT molecular complexity index is 1560. The van der Waals surface area contributed by atoms with E-state index in [0.717, 1.165) is 27.9 Å². The summed E-state index contributed by atoms with van der Waals surface area (Å²) in [5.41, 5.74) is 1.53. The highest BCUT2D eigenvalue weighted by molar-refractivity contribution is 6.39. The zero-order valence-electron chi connectivity index (χ0n) is 20.5. The number of carbonyl (C=O) groups excluding carboxylic acids is 3. The zero-order chi connectivity index (χ0) is 26.6. The fraction of sp³-hybridized carbons (Fsp3) is 0.138. The summed E-state index contributed by atoms with van der Waals surface area (Å²) in [5.74, 6) is -0.754. The second kappa shape index (κ2) is 10.6. The van der Waals surface area contributed by atoms with Crippen LogP contribution >= 0.6 is 0 Å². The van der Waals surface area contributed by atoms with E-state index in [2.05, 4.69) is 5.32 Å². The number of halogens is 1. The molecule has 1 aromatic heterocycles. The summed E-state index contributed by atoms with van der Waals surface area (Å²) in [6, 6.07) is 19.1. The number of urea groups is 1. The van der Waals surface area contributed by atoms with Crippen LogP contribution in [0.1, 0.15) is 12.0 Å². The van der Waals surface area contributed by atoms with Crippen LogP contribution in [0.5, 0.6) is 11.5 Å². The Morgan fingerprint density at radius 3 is 2.39 bits per heavy atom. The minimum absolute atomic E-state index is 0.157.